The first-order chi connectivity index (χ1) is 21.7. The molecule has 3 saturated heterocycles. The Labute approximate surface area is 266 Å². The molecule has 0 radical (unpaired) electrons. The van der Waals surface area contributed by atoms with Gasteiger partial charge in [-0.2, -0.15) is 4.98 Å². The molecule has 0 spiro atoms. The van der Waals surface area contributed by atoms with E-state index in [1.54, 1.807) is 0 Å². The van der Waals surface area contributed by atoms with Gasteiger partial charge in [-0.15, -0.1) is 0 Å². The van der Waals surface area contributed by atoms with Crippen molar-refractivity contribution < 1.29 is 46.9 Å². The summed E-state index contributed by atoms with van der Waals surface area (Å²) in [6.07, 6.45) is -7.26. The minimum absolute atomic E-state index is 0.0775. The number of alkyl halides is 1. The summed E-state index contributed by atoms with van der Waals surface area (Å²) in [4.78, 5) is 57.2. The van der Waals surface area contributed by atoms with Crippen molar-refractivity contribution in [3.8, 4) is 0 Å². The monoisotopic (exact) mass is 722 g/mol. The van der Waals surface area contributed by atoms with Crippen LogP contribution in [0.1, 0.15) is 19.4 Å². The lowest BCUT2D eigenvalue weighted by Gasteiger charge is -2.33. The quantitative estimate of drug-likeness (QED) is 0.139. The molecule has 7 heterocycles. The summed E-state index contributed by atoms with van der Waals surface area (Å²) in [7, 11) is 0. The van der Waals surface area contributed by atoms with Crippen molar-refractivity contribution in [2.75, 3.05) is 24.7 Å². The first-order valence-corrected chi connectivity index (χ1v) is 18.5. The number of aromatic nitrogens is 8. The van der Waals surface area contributed by atoms with Crippen LogP contribution in [0.3, 0.4) is 0 Å². The summed E-state index contributed by atoms with van der Waals surface area (Å²) >= 11 is 10.5. The average Bonchev–Trinajstić information content (AvgIpc) is 3.73. The van der Waals surface area contributed by atoms with Gasteiger partial charge in [-0.25, -0.2) is 24.3 Å². The molecule has 20 nitrogen and oxygen atoms in total. The van der Waals surface area contributed by atoms with Gasteiger partial charge in [0.1, 0.15) is 41.9 Å². The van der Waals surface area contributed by atoms with E-state index >= 15 is 4.39 Å². The van der Waals surface area contributed by atoms with E-state index in [2.05, 4.69) is 29.9 Å². The number of ether oxygens (including phenoxy) is 2. The van der Waals surface area contributed by atoms with Crippen LogP contribution in [0.2, 0.25) is 0 Å². The Bertz CT molecular complexity index is 2000. The molecule has 0 amide bonds. The van der Waals surface area contributed by atoms with Gasteiger partial charge in [0.25, 0.3) is 5.56 Å². The highest BCUT2D eigenvalue weighted by Gasteiger charge is 2.58. The number of fused-ring (bicyclic) bond motifs is 5. The molecule has 248 valence electrons. The maximum atomic E-state index is 15.9. The number of H-pyrrole nitrogens is 1. The van der Waals surface area contributed by atoms with Gasteiger partial charge in [0.15, 0.2) is 41.3 Å². The molecule has 25 heteroatoms. The summed E-state index contributed by atoms with van der Waals surface area (Å²) in [5, 5.41) is 11.4. The maximum Gasteiger partial charge on any atom is 0.325 e. The number of aliphatic hydroxyl groups excluding tert-OH is 1. The Hall–Kier alpha value is -2.63. The second-order valence-electron chi connectivity index (χ2n) is 10.8. The van der Waals surface area contributed by atoms with Crippen LogP contribution in [-0.4, -0.2) is 103 Å². The zero-order valence-electron chi connectivity index (χ0n) is 23.3. The third-order valence-electron chi connectivity index (χ3n) is 7.66. The Morgan fingerprint density at radius 2 is 1.74 bits per heavy atom. The van der Waals surface area contributed by atoms with E-state index in [1.165, 1.54) is 28.7 Å². The van der Waals surface area contributed by atoms with E-state index in [0.29, 0.717) is 0 Å². The third-order valence-corrected chi connectivity index (χ3v) is 10.7. The molecular formula is C21H25FN10O10P2S2. The largest absolute Gasteiger partial charge is 0.386 e. The van der Waals surface area contributed by atoms with Crippen LogP contribution < -0.4 is 17.0 Å². The van der Waals surface area contributed by atoms with Crippen molar-refractivity contribution in [2.45, 2.75) is 55.6 Å². The van der Waals surface area contributed by atoms with Crippen molar-refractivity contribution in [2.24, 2.45) is 0 Å². The highest BCUT2D eigenvalue weighted by molar-refractivity contribution is 8.07. The van der Waals surface area contributed by atoms with Gasteiger partial charge in [0, 0.05) is 0 Å². The molecule has 0 aliphatic carbocycles. The van der Waals surface area contributed by atoms with Gasteiger partial charge in [-0.3, -0.25) is 28.0 Å². The van der Waals surface area contributed by atoms with E-state index in [9.17, 15) is 19.7 Å². The second kappa shape index (κ2) is 11.2. The summed E-state index contributed by atoms with van der Waals surface area (Å²) in [6.45, 7) is -8.47. The Morgan fingerprint density at radius 3 is 2.50 bits per heavy atom. The van der Waals surface area contributed by atoms with Crippen molar-refractivity contribution >= 4 is 71.1 Å². The fourth-order valence-corrected chi connectivity index (χ4v) is 8.48. The number of rotatable bonds is 2. The van der Waals surface area contributed by atoms with Crippen LogP contribution in [0.15, 0.2) is 23.8 Å². The minimum atomic E-state index is -4.35. The van der Waals surface area contributed by atoms with E-state index in [1.807, 2.05) is 0 Å². The first kappa shape index (κ1) is 31.9. The van der Waals surface area contributed by atoms with Crippen molar-refractivity contribution in [3.05, 3.63) is 29.3 Å². The van der Waals surface area contributed by atoms with Crippen molar-refractivity contribution in [1.29, 1.82) is 0 Å². The molecule has 0 saturated carbocycles. The first-order valence-electron chi connectivity index (χ1n) is 13.3. The molecule has 4 aromatic rings. The number of nitrogen functional groups attached to an aromatic ring is 2. The molecule has 7 rings (SSSR count). The number of aliphatic hydroxyl groups is 1. The molecule has 2 bridgehead atoms. The number of hydrogen-bond donors (Lipinski definition) is 6. The van der Waals surface area contributed by atoms with Gasteiger partial charge < -0.3 is 44.9 Å². The lowest BCUT2D eigenvalue weighted by Crippen LogP contribution is -2.45. The van der Waals surface area contributed by atoms with Crippen LogP contribution >= 0.6 is 13.4 Å². The van der Waals surface area contributed by atoms with Gasteiger partial charge >= 0.3 is 13.4 Å². The molecule has 3 aliphatic rings. The van der Waals surface area contributed by atoms with Gasteiger partial charge in [-0.05, 0) is 30.5 Å². The van der Waals surface area contributed by atoms with Crippen LogP contribution in [-0.2, 0) is 51.2 Å². The molecule has 0 aromatic carbocycles. The Balaban J connectivity index is 1.23. The number of anilines is 2. The summed E-state index contributed by atoms with van der Waals surface area (Å²) < 4.78 is 53.1. The predicted octanol–water partition coefficient (Wildman–Crippen LogP) is -0.741. The number of nitrogens with one attached hydrogen (secondary N) is 1. The highest BCUT2D eigenvalue weighted by atomic mass is 32.5. The number of nitrogens with zero attached hydrogens (tertiary/aromatic N) is 7. The summed E-state index contributed by atoms with van der Waals surface area (Å²) in [5.41, 5.74) is 9.48. The van der Waals surface area contributed by atoms with E-state index in [0.717, 1.165) is 6.33 Å². The van der Waals surface area contributed by atoms with Crippen molar-refractivity contribution in [1.82, 2.24) is 39.0 Å². The van der Waals surface area contributed by atoms with Gasteiger partial charge in [0.05, 0.1) is 25.9 Å². The number of hydrogen-bond acceptors (Lipinski definition) is 17. The molecule has 8 N–H and O–H groups in total. The van der Waals surface area contributed by atoms with Crippen LogP contribution in [0.25, 0.3) is 22.3 Å². The molecule has 2 unspecified atom stereocenters. The average molecular weight is 723 g/mol. The zero-order chi connectivity index (χ0) is 32.8. The van der Waals surface area contributed by atoms with Gasteiger partial charge in [0.2, 0.25) is 5.95 Å². The van der Waals surface area contributed by atoms with E-state index in [-0.39, 0.29) is 34.1 Å². The summed E-state index contributed by atoms with van der Waals surface area (Å²) in [6, 6.07) is 0. The van der Waals surface area contributed by atoms with Crippen LogP contribution in [0.4, 0.5) is 16.2 Å². The lowest BCUT2D eigenvalue weighted by atomic mass is 9.99. The molecule has 10 atom stereocenters. The number of imidazole rings is 2. The van der Waals surface area contributed by atoms with Crippen LogP contribution in [0.5, 0.6) is 0 Å². The molecule has 3 aliphatic heterocycles. The van der Waals surface area contributed by atoms with Gasteiger partial charge in [-0.1, -0.05) is 0 Å². The maximum absolute atomic E-state index is 15.9. The number of halogens is 1. The SMILES string of the molecule is C[C@@]12COP(O)(=S)O[C@@H]3[C@H](F)[C@@H](COP(O)(=S)O[C@H]1[C@@H](O)[C@H](n1cnc4c(N)ncnc41)O2)O[C@H]3n1cnc2c(=O)[nH]c(N)nc21. The zero-order valence-corrected chi connectivity index (χ0v) is 26.7. The number of nitrogens with two attached hydrogens (primary N) is 2. The van der Waals surface area contributed by atoms with E-state index < -0.39 is 80.9 Å². The second-order valence-corrected chi connectivity index (χ2v) is 16.4. The molecule has 46 heavy (non-hydrogen) atoms. The van der Waals surface area contributed by atoms with E-state index in [4.69, 9.17) is 62.6 Å². The molecule has 4 aromatic heterocycles. The van der Waals surface area contributed by atoms with Crippen LogP contribution in [0, 0.1) is 0 Å². The normalized spacial score (nSPS) is 38.8. The Morgan fingerprint density at radius 1 is 1.04 bits per heavy atom. The highest BCUT2D eigenvalue weighted by Crippen LogP contribution is 2.56. The minimum Gasteiger partial charge on any atom is -0.386 e. The topological polar surface area (TPSA) is 275 Å². The lowest BCUT2D eigenvalue weighted by molar-refractivity contribution is -0.113. The fourth-order valence-electron chi connectivity index (χ4n) is 5.52. The molecular weight excluding hydrogens is 697 g/mol. The predicted molar refractivity (Wildman–Crippen MR) is 160 cm³/mol. The summed E-state index contributed by atoms with van der Waals surface area (Å²) in [5.74, 6) is -0.167. The molecule has 3 fully saturated rings. The third kappa shape index (κ3) is 5.44. The standard InChI is InChI=1S/C21H25FN10O10P2S2/c1-21-3-38-44(36,46)41-12-8(22)7(39-19(12)32-6-28-10-16(32)29-20(24)30-17(10)34)2-37-43(35,45)42-13(21)11(33)18(40-21)31-5-27-9-14(23)25-4-26-15(9)31/h4-8,11-13,18-19,33H,2-3H2,1H3,(H,35,45)(H,36,46)(H2,23,25,26)(H3,24,29,30,34)/t7-,8-,11-,12-,13+,18-,19-,21-,43?,44?/m1/s1. The smallest absolute Gasteiger partial charge is 0.325 e. The van der Waals surface area contributed by atoms with Crippen molar-refractivity contribution in [3.63, 3.8) is 0 Å². The Kier molecular flexibility index (Phi) is 7.80. The number of aromatic amines is 1. The fraction of sp³-hybridized carbons (Fsp3) is 0.524.